The second-order valence-electron chi connectivity index (χ2n) is 5.51. The molecule has 0 aliphatic heterocycles. The van der Waals surface area contributed by atoms with E-state index < -0.39 is 5.97 Å². The summed E-state index contributed by atoms with van der Waals surface area (Å²) in [6, 6.07) is 9.03. The van der Waals surface area contributed by atoms with Crippen molar-refractivity contribution in [1.29, 1.82) is 0 Å². The Morgan fingerprint density at radius 3 is 2.35 bits per heavy atom. The summed E-state index contributed by atoms with van der Waals surface area (Å²) in [5.41, 5.74) is 3.29. The first-order valence-corrected chi connectivity index (χ1v) is 7.57. The van der Waals surface area contributed by atoms with E-state index in [0.717, 1.165) is 17.1 Å². The van der Waals surface area contributed by atoms with E-state index in [2.05, 4.69) is 5.10 Å². The molecule has 0 bridgehead atoms. The number of hydrogen-bond acceptors (Lipinski definition) is 3. The average molecular weight is 315 g/mol. The largest absolute Gasteiger partial charge is 0.480 e. The molecule has 0 saturated carbocycles. The third kappa shape index (κ3) is 3.97. The molecule has 0 saturated heterocycles. The molecule has 1 aromatic heterocycles. The van der Waals surface area contributed by atoms with Crippen LogP contribution in [0.4, 0.5) is 0 Å². The summed E-state index contributed by atoms with van der Waals surface area (Å²) >= 11 is 0. The molecule has 6 nitrogen and oxygen atoms in total. The van der Waals surface area contributed by atoms with Gasteiger partial charge in [-0.25, -0.2) is 4.68 Å². The molecule has 1 aromatic carbocycles. The fourth-order valence-electron chi connectivity index (χ4n) is 2.50. The summed E-state index contributed by atoms with van der Waals surface area (Å²) in [7, 11) is 0. The Labute approximate surface area is 135 Å². The maximum absolute atomic E-state index is 12.4. The Morgan fingerprint density at radius 2 is 1.87 bits per heavy atom. The van der Waals surface area contributed by atoms with Gasteiger partial charge in [-0.3, -0.25) is 9.59 Å². The van der Waals surface area contributed by atoms with Crippen LogP contribution in [-0.2, 0) is 4.79 Å². The Balaban J connectivity index is 2.22. The summed E-state index contributed by atoms with van der Waals surface area (Å²) in [5.74, 6) is -1.28. The van der Waals surface area contributed by atoms with Crippen LogP contribution in [0.1, 0.15) is 35.1 Å². The minimum atomic E-state index is -1.01. The quantitative estimate of drug-likeness (QED) is 0.888. The first kappa shape index (κ1) is 16.7. The summed E-state index contributed by atoms with van der Waals surface area (Å²) < 4.78 is 1.81. The zero-order chi connectivity index (χ0) is 17.0. The average Bonchev–Trinajstić information content (AvgIpc) is 2.84. The lowest BCUT2D eigenvalue weighted by atomic mass is 10.1. The predicted octanol–water partition coefficient (Wildman–Crippen LogP) is 2.43. The van der Waals surface area contributed by atoms with Crippen molar-refractivity contribution in [1.82, 2.24) is 14.7 Å². The third-order valence-corrected chi connectivity index (χ3v) is 3.48. The number of benzene rings is 1. The fourth-order valence-corrected chi connectivity index (χ4v) is 2.50. The van der Waals surface area contributed by atoms with Gasteiger partial charge >= 0.3 is 5.97 Å². The molecule has 0 unspecified atom stereocenters. The van der Waals surface area contributed by atoms with Crippen LogP contribution in [0.3, 0.4) is 0 Å². The Hall–Kier alpha value is -2.63. The van der Waals surface area contributed by atoms with Crippen LogP contribution in [0.5, 0.6) is 0 Å². The van der Waals surface area contributed by atoms with E-state index in [1.165, 1.54) is 4.90 Å². The summed E-state index contributed by atoms with van der Waals surface area (Å²) in [6.45, 7) is 5.94. The minimum absolute atomic E-state index is 0.269. The van der Waals surface area contributed by atoms with E-state index in [1.807, 2.05) is 43.7 Å². The highest BCUT2D eigenvalue weighted by Crippen LogP contribution is 2.14. The first-order valence-electron chi connectivity index (χ1n) is 7.57. The fraction of sp³-hybridized carbons (Fsp3) is 0.353. The second kappa shape index (κ2) is 7.09. The molecule has 0 radical (unpaired) electrons. The van der Waals surface area contributed by atoms with Gasteiger partial charge in [0, 0.05) is 17.8 Å². The van der Waals surface area contributed by atoms with Gasteiger partial charge in [0.05, 0.1) is 11.4 Å². The molecule has 2 aromatic rings. The van der Waals surface area contributed by atoms with Crippen LogP contribution < -0.4 is 0 Å². The van der Waals surface area contributed by atoms with Gasteiger partial charge in [0.1, 0.15) is 6.54 Å². The Kier molecular flexibility index (Phi) is 5.16. The molecule has 23 heavy (non-hydrogen) atoms. The van der Waals surface area contributed by atoms with Crippen molar-refractivity contribution < 1.29 is 14.7 Å². The molecule has 0 aliphatic rings. The van der Waals surface area contributed by atoms with Gasteiger partial charge in [-0.15, -0.1) is 0 Å². The van der Waals surface area contributed by atoms with Crippen LogP contribution in [0, 0.1) is 13.8 Å². The number of carbonyl (C=O) groups is 2. The van der Waals surface area contributed by atoms with Crippen LogP contribution in [0.2, 0.25) is 0 Å². The maximum atomic E-state index is 12.4. The maximum Gasteiger partial charge on any atom is 0.323 e. The number of carboxylic acids is 1. The van der Waals surface area contributed by atoms with E-state index in [0.29, 0.717) is 18.5 Å². The number of amides is 1. The normalized spacial score (nSPS) is 10.6. The number of hydrogen-bond donors (Lipinski definition) is 1. The molecule has 0 fully saturated rings. The van der Waals surface area contributed by atoms with E-state index in [-0.39, 0.29) is 12.5 Å². The smallest absolute Gasteiger partial charge is 0.323 e. The highest BCUT2D eigenvalue weighted by Gasteiger charge is 2.17. The van der Waals surface area contributed by atoms with Gasteiger partial charge in [0.15, 0.2) is 0 Å². The zero-order valence-electron chi connectivity index (χ0n) is 13.6. The number of carboxylic acid groups (broad SMARTS) is 1. The van der Waals surface area contributed by atoms with Crippen LogP contribution in [0.15, 0.2) is 30.3 Å². The lowest BCUT2D eigenvalue weighted by Crippen LogP contribution is -2.36. The van der Waals surface area contributed by atoms with Crippen molar-refractivity contribution in [3.05, 3.63) is 47.3 Å². The third-order valence-electron chi connectivity index (χ3n) is 3.48. The molecule has 0 atom stereocenters. The van der Waals surface area contributed by atoms with Gasteiger partial charge in [0.2, 0.25) is 0 Å². The second-order valence-corrected chi connectivity index (χ2v) is 5.51. The first-order chi connectivity index (χ1) is 10.9. The number of rotatable bonds is 6. The lowest BCUT2D eigenvalue weighted by molar-refractivity contribution is -0.137. The van der Waals surface area contributed by atoms with Crippen LogP contribution in [0.25, 0.3) is 5.69 Å². The topological polar surface area (TPSA) is 75.4 Å². The Bertz CT molecular complexity index is 704. The molecule has 1 amide bonds. The minimum Gasteiger partial charge on any atom is -0.480 e. The van der Waals surface area contributed by atoms with Crippen LogP contribution >= 0.6 is 0 Å². The van der Waals surface area contributed by atoms with E-state index in [4.69, 9.17) is 5.11 Å². The molecular formula is C17H21N3O3. The van der Waals surface area contributed by atoms with Crippen molar-refractivity contribution >= 4 is 11.9 Å². The van der Waals surface area contributed by atoms with Gasteiger partial charge in [-0.05, 0) is 50.6 Å². The molecule has 1 heterocycles. The zero-order valence-corrected chi connectivity index (χ0v) is 13.6. The van der Waals surface area contributed by atoms with E-state index in [1.54, 1.807) is 12.1 Å². The predicted molar refractivity (Wildman–Crippen MR) is 86.9 cm³/mol. The van der Waals surface area contributed by atoms with Gasteiger partial charge in [-0.1, -0.05) is 6.92 Å². The molecule has 0 spiro atoms. The van der Waals surface area contributed by atoms with Crippen molar-refractivity contribution in [3.63, 3.8) is 0 Å². The standard InChI is InChI=1S/C17H21N3O3/c1-4-9-19(11-16(21)22)17(23)14-5-7-15(8-6-14)20-13(3)10-12(2)18-20/h5-8,10H,4,9,11H2,1-3H3,(H,21,22). The molecule has 0 aliphatic carbocycles. The molecule has 122 valence electrons. The highest BCUT2D eigenvalue weighted by atomic mass is 16.4. The van der Waals surface area contributed by atoms with Gasteiger partial charge in [0.25, 0.3) is 5.91 Å². The van der Waals surface area contributed by atoms with E-state index >= 15 is 0 Å². The monoisotopic (exact) mass is 315 g/mol. The number of aryl methyl sites for hydroxylation is 2. The van der Waals surface area contributed by atoms with Crippen molar-refractivity contribution in [3.8, 4) is 5.69 Å². The summed E-state index contributed by atoms with van der Waals surface area (Å²) in [6.07, 6.45) is 0.711. The van der Waals surface area contributed by atoms with Crippen molar-refractivity contribution in [2.24, 2.45) is 0 Å². The summed E-state index contributed by atoms with van der Waals surface area (Å²) in [5, 5.41) is 13.3. The van der Waals surface area contributed by atoms with Gasteiger partial charge < -0.3 is 10.0 Å². The number of aromatic nitrogens is 2. The van der Waals surface area contributed by atoms with Crippen molar-refractivity contribution in [2.45, 2.75) is 27.2 Å². The number of carbonyl (C=O) groups excluding carboxylic acids is 1. The molecule has 6 heteroatoms. The highest BCUT2D eigenvalue weighted by molar-refractivity contribution is 5.96. The number of aliphatic carboxylic acids is 1. The Morgan fingerprint density at radius 1 is 1.22 bits per heavy atom. The molecular weight excluding hydrogens is 294 g/mol. The van der Waals surface area contributed by atoms with Crippen molar-refractivity contribution in [2.75, 3.05) is 13.1 Å². The number of nitrogens with zero attached hydrogens (tertiary/aromatic N) is 3. The molecule has 2 rings (SSSR count). The lowest BCUT2D eigenvalue weighted by Gasteiger charge is -2.20. The summed E-state index contributed by atoms with van der Waals surface area (Å²) in [4.78, 5) is 24.7. The van der Waals surface area contributed by atoms with Gasteiger partial charge in [-0.2, -0.15) is 5.10 Å². The SMILES string of the molecule is CCCN(CC(=O)O)C(=O)c1ccc(-n2nc(C)cc2C)cc1. The molecule has 1 N–H and O–H groups in total. The van der Waals surface area contributed by atoms with Crippen LogP contribution in [-0.4, -0.2) is 44.8 Å². The van der Waals surface area contributed by atoms with E-state index in [9.17, 15) is 9.59 Å².